The zero-order valence-electron chi connectivity index (χ0n) is 18.3. The maximum absolute atomic E-state index is 6.62. The van der Waals surface area contributed by atoms with Gasteiger partial charge in [0.2, 0.25) is 11.2 Å². The molecule has 1 spiro atoms. The molecule has 1 aromatic heterocycles. The highest BCUT2D eigenvalue weighted by molar-refractivity contribution is 6.07. The molecule has 2 aliphatic heterocycles. The lowest BCUT2D eigenvalue weighted by atomic mass is 9.75. The van der Waals surface area contributed by atoms with E-state index in [4.69, 9.17) is 4.74 Å². The molecule has 7 rings (SSSR count). The fourth-order valence-corrected chi connectivity index (χ4v) is 6.21. The molecule has 31 heavy (non-hydrogen) atoms. The summed E-state index contributed by atoms with van der Waals surface area (Å²) in [5.41, 5.74) is 9.24. The van der Waals surface area contributed by atoms with Crippen LogP contribution in [-0.4, -0.2) is 0 Å². The first kappa shape index (κ1) is 17.3. The Hall–Kier alpha value is -3.39. The van der Waals surface area contributed by atoms with Crippen LogP contribution in [0.3, 0.4) is 0 Å². The Balaban J connectivity index is 1.74. The predicted octanol–water partition coefficient (Wildman–Crippen LogP) is 7.11. The summed E-state index contributed by atoms with van der Waals surface area (Å²) in [5, 5.41) is 5.06. The van der Waals surface area contributed by atoms with Gasteiger partial charge in [-0.1, -0.05) is 35.9 Å². The number of nitrogens with zero attached hydrogens (tertiary/aromatic N) is 1. The van der Waals surface area contributed by atoms with E-state index in [-0.39, 0.29) is 5.54 Å². The standard InChI is InChI=1S/C29H24NO/c1-16-11-21-9-10-30-28-25(21)23(12-16)31-24-13-20-7-5-6-8-22(20)27(26(24)28)29(30)14-17(2)19(4)18(3)15-29/h5-14H,15H2,1-4H3/q+1. The van der Waals surface area contributed by atoms with Crippen LogP contribution < -0.4 is 9.30 Å². The molecule has 0 bridgehead atoms. The van der Waals surface area contributed by atoms with Gasteiger partial charge in [0.05, 0.1) is 10.9 Å². The minimum atomic E-state index is -0.224. The normalized spacial score (nSPS) is 20.6. The minimum Gasteiger partial charge on any atom is -0.456 e. The van der Waals surface area contributed by atoms with Crippen LogP contribution in [0.25, 0.3) is 32.8 Å². The molecule has 150 valence electrons. The van der Waals surface area contributed by atoms with E-state index in [0.29, 0.717) is 0 Å². The molecule has 0 fully saturated rings. The summed E-state index contributed by atoms with van der Waals surface area (Å²) >= 11 is 0. The molecule has 1 atom stereocenters. The van der Waals surface area contributed by atoms with Crippen LogP contribution in [0.1, 0.15) is 38.3 Å². The third-order valence-corrected chi connectivity index (χ3v) is 7.71. The van der Waals surface area contributed by atoms with Gasteiger partial charge in [0.15, 0.2) is 6.20 Å². The average Bonchev–Trinajstić information content (AvgIpc) is 3.02. The molecule has 0 N–H and O–H groups in total. The minimum absolute atomic E-state index is 0.224. The number of hydrogen-bond donors (Lipinski definition) is 0. The molecule has 3 heterocycles. The smallest absolute Gasteiger partial charge is 0.229 e. The molecule has 0 saturated carbocycles. The summed E-state index contributed by atoms with van der Waals surface area (Å²) in [5.74, 6) is 1.96. The van der Waals surface area contributed by atoms with Gasteiger partial charge in [-0.3, -0.25) is 0 Å². The molecule has 4 aromatic rings. The molecular formula is C29H24NO+. The van der Waals surface area contributed by atoms with Crippen molar-refractivity contribution in [2.75, 3.05) is 0 Å². The van der Waals surface area contributed by atoms with Crippen molar-refractivity contribution in [3.63, 3.8) is 0 Å². The summed E-state index contributed by atoms with van der Waals surface area (Å²) in [6.45, 7) is 8.96. The monoisotopic (exact) mass is 402 g/mol. The summed E-state index contributed by atoms with van der Waals surface area (Å²) in [6, 6.07) is 17.7. The van der Waals surface area contributed by atoms with E-state index >= 15 is 0 Å². The largest absolute Gasteiger partial charge is 0.456 e. The van der Waals surface area contributed by atoms with Crippen molar-refractivity contribution in [1.82, 2.24) is 0 Å². The first-order valence-electron chi connectivity index (χ1n) is 11.1. The average molecular weight is 403 g/mol. The third kappa shape index (κ3) is 1.96. The Labute approximate surface area is 182 Å². The highest BCUT2D eigenvalue weighted by atomic mass is 16.5. The van der Waals surface area contributed by atoms with Crippen LogP contribution in [-0.2, 0) is 5.54 Å². The highest BCUT2D eigenvalue weighted by Crippen LogP contribution is 2.57. The van der Waals surface area contributed by atoms with Gasteiger partial charge >= 0.3 is 0 Å². The fourth-order valence-electron chi connectivity index (χ4n) is 6.21. The van der Waals surface area contributed by atoms with Crippen molar-refractivity contribution in [3.8, 4) is 22.8 Å². The van der Waals surface area contributed by atoms with Crippen LogP contribution in [0.4, 0.5) is 0 Å². The van der Waals surface area contributed by atoms with Gasteiger partial charge in [-0.05, 0) is 78.8 Å². The fraction of sp³-hybridized carbons (Fsp3) is 0.207. The van der Waals surface area contributed by atoms with Gasteiger partial charge in [-0.2, -0.15) is 4.57 Å². The van der Waals surface area contributed by atoms with E-state index in [2.05, 4.69) is 93.1 Å². The second-order valence-corrected chi connectivity index (χ2v) is 9.54. The Morgan fingerprint density at radius 3 is 2.58 bits per heavy atom. The van der Waals surface area contributed by atoms with E-state index < -0.39 is 0 Å². The first-order valence-corrected chi connectivity index (χ1v) is 11.1. The maximum Gasteiger partial charge on any atom is 0.229 e. The number of pyridine rings is 1. The molecule has 0 amide bonds. The molecule has 2 heteroatoms. The molecule has 3 aliphatic rings. The van der Waals surface area contributed by atoms with Crippen molar-refractivity contribution >= 4 is 21.5 Å². The van der Waals surface area contributed by atoms with Crippen LogP contribution >= 0.6 is 0 Å². The Bertz CT molecular complexity index is 1570. The Morgan fingerprint density at radius 1 is 0.903 bits per heavy atom. The molecule has 3 aromatic carbocycles. The van der Waals surface area contributed by atoms with Gasteiger partial charge in [0.1, 0.15) is 17.1 Å². The first-order chi connectivity index (χ1) is 15.0. The summed E-state index contributed by atoms with van der Waals surface area (Å²) < 4.78 is 9.15. The topological polar surface area (TPSA) is 13.1 Å². The number of ether oxygens (including phenoxy) is 1. The van der Waals surface area contributed by atoms with Crippen LogP contribution in [0, 0.1) is 6.92 Å². The lowest BCUT2D eigenvalue weighted by Crippen LogP contribution is -2.54. The van der Waals surface area contributed by atoms with Crippen molar-refractivity contribution in [1.29, 1.82) is 0 Å². The highest BCUT2D eigenvalue weighted by Gasteiger charge is 2.55. The molecule has 0 saturated heterocycles. The van der Waals surface area contributed by atoms with Crippen molar-refractivity contribution in [3.05, 3.63) is 88.7 Å². The lowest BCUT2D eigenvalue weighted by molar-refractivity contribution is -0.725. The quantitative estimate of drug-likeness (QED) is 0.252. The van der Waals surface area contributed by atoms with Crippen LogP contribution in [0.5, 0.6) is 11.5 Å². The number of hydrogen-bond acceptors (Lipinski definition) is 1. The molecule has 1 aliphatic carbocycles. The van der Waals surface area contributed by atoms with Gasteiger partial charge in [0, 0.05) is 12.5 Å². The summed E-state index contributed by atoms with van der Waals surface area (Å²) in [7, 11) is 0. The second-order valence-electron chi connectivity index (χ2n) is 9.54. The number of allylic oxidation sites excluding steroid dienone is 4. The second kappa shape index (κ2) is 5.45. The summed E-state index contributed by atoms with van der Waals surface area (Å²) in [4.78, 5) is 0. The third-order valence-electron chi connectivity index (χ3n) is 7.71. The van der Waals surface area contributed by atoms with E-state index in [0.717, 1.165) is 17.9 Å². The molecule has 0 radical (unpaired) electrons. The van der Waals surface area contributed by atoms with Gasteiger partial charge in [0.25, 0.3) is 0 Å². The molecular weight excluding hydrogens is 378 g/mol. The maximum atomic E-state index is 6.62. The summed E-state index contributed by atoms with van der Waals surface area (Å²) in [6.07, 6.45) is 5.80. The predicted molar refractivity (Wildman–Crippen MR) is 126 cm³/mol. The Kier molecular flexibility index (Phi) is 3.04. The van der Waals surface area contributed by atoms with Crippen molar-refractivity contribution in [2.24, 2.45) is 0 Å². The van der Waals surface area contributed by atoms with Gasteiger partial charge < -0.3 is 4.74 Å². The van der Waals surface area contributed by atoms with Crippen LogP contribution in [0.2, 0.25) is 0 Å². The van der Waals surface area contributed by atoms with E-state index in [1.54, 1.807) is 0 Å². The number of fused-ring (bicyclic) bond motifs is 4. The van der Waals surface area contributed by atoms with E-state index in [1.165, 1.54) is 60.6 Å². The van der Waals surface area contributed by atoms with Crippen LogP contribution in [0.15, 0.2) is 77.5 Å². The zero-order valence-corrected chi connectivity index (χ0v) is 18.3. The number of rotatable bonds is 0. The Morgan fingerprint density at radius 2 is 1.74 bits per heavy atom. The van der Waals surface area contributed by atoms with Gasteiger partial charge in [-0.15, -0.1) is 0 Å². The van der Waals surface area contributed by atoms with Gasteiger partial charge in [-0.25, -0.2) is 0 Å². The van der Waals surface area contributed by atoms with Crippen molar-refractivity contribution in [2.45, 2.75) is 39.7 Å². The molecule has 1 unspecified atom stereocenters. The number of aryl methyl sites for hydroxylation is 1. The zero-order chi connectivity index (χ0) is 21.1. The SMILES string of the molecule is CC1=CC2(CC(C)=C1C)c1c3c(cc4ccccc14)Oc1cc(C)cc4cc[n+]2c-3c14. The lowest BCUT2D eigenvalue weighted by Gasteiger charge is -2.29. The number of benzene rings is 3. The van der Waals surface area contributed by atoms with E-state index in [1.807, 2.05) is 0 Å². The number of aromatic nitrogens is 1. The van der Waals surface area contributed by atoms with E-state index in [9.17, 15) is 0 Å². The molecule has 2 nitrogen and oxygen atoms in total. The van der Waals surface area contributed by atoms with Crippen molar-refractivity contribution < 1.29 is 9.30 Å².